The van der Waals surface area contributed by atoms with Crippen molar-refractivity contribution >= 4 is 11.8 Å². The predicted octanol–water partition coefficient (Wildman–Crippen LogP) is 4.02. The lowest BCUT2D eigenvalue weighted by molar-refractivity contribution is 0.0875. The van der Waals surface area contributed by atoms with Crippen molar-refractivity contribution in [3.63, 3.8) is 0 Å². The Balaban J connectivity index is 3.00. The zero-order valence-electron chi connectivity index (χ0n) is 16.3. The molecule has 1 aromatic carbocycles. The van der Waals surface area contributed by atoms with Gasteiger partial charge in [-0.3, -0.25) is 9.59 Å². The highest BCUT2D eigenvalue weighted by molar-refractivity contribution is 6.07. The van der Waals surface area contributed by atoms with Crippen LogP contribution >= 0.6 is 0 Å². The first kappa shape index (κ1) is 20.2. The van der Waals surface area contributed by atoms with E-state index in [0.717, 1.165) is 0 Å². The van der Waals surface area contributed by atoms with Crippen LogP contribution in [-0.2, 0) is 0 Å². The third kappa shape index (κ3) is 5.36. The summed E-state index contributed by atoms with van der Waals surface area (Å²) in [7, 11) is 0. The smallest absolute Gasteiger partial charge is 0.252 e. The predicted molar refractivity (Wildman–Crippen MR) is 99.2 cm³/mol. The number of amides is 2. The van der Waals surface area contributed by atoms with Gasteiger partial charge >= 0.3 is 0 Å². The molecule has 0 aliphatic rings. The molecule has 0 aliphatic heterocycles. The summed E-state index contributed by atoms with van der Waals surface area (Å²) in [6.07, 6.45) is 0. The molecule has 1 rings (SSSR count). The van der Waals surface area contributed by atoms with Gasteiger partial charge < -0.3 is 10.6 Å². The van der Waals surface area contributed by atoms with Gasteiger partial charge in [-0.15, -0.1) is 0 Å². The van der Waals surface area contributed by atoms with Crippen molar-refractivity contribution in [1.29, 1.82) is 0 Å². The van der Waals surface area contributed by atoms with E-state index >= 15 is 0 Å². The van der Waals surface area contributed by atoms with Crippen molar-refractivity contribution in [2.75, 3.05) is 0 Å². The van der Waals surface area contributed by atoms with Gasteiger partial charge in [0.25, 0.3) is 11.8 Å². The van der Waals surface area contributed by atoms with E-state index in [9.17, 15) is 9.59 Å². The van der Waals surface area contributed by atoms with E-state index in [4.69, 9.17) is 0 Å². The van der Waals surface area contributed by atoms with Gasteiger partial charge in [0.1, 0.15) is 0 Å². The zero-order chi connectivity index (χ0) is 18.7. The van der Waals surface area contributed by atoms with Crippen LogP contribution < -0.4 is 10.6 Å². The van der Waals surface area contributed by atoms with Crippen LogP contribution in [0, 0.1) is 10.8 Å². The fourth-order valence-corrected chi connectivity index (χ4v) is 1.86. The minimum absolute atomic E-state index is 0.00499. The molecule has 0 bridgehead atoms. The summed E-state index contributed by atoms with van der Waals surface area (Å²) in [6.45, 7) is 16.4. The second kappa shape index (κ2) is 7.37. The number of carbonyl (C=O) groups excluding carboxylic acids is 2. The highest BCUT2D eigenvalue weighted by atomic mass is 16.2. The van der Waals surface area contributed by atoms with Crippen LogP contribution in [0.25, 0.3) is 0 Å². The maximum atomic E-state index is 12.6. The molecule has 134 valence electrons. The number of rotatable bonds is 4. The topological polar surface area (TPSA) is 58.2 Å². The largest absolute Gasteiger partial charge is 0.349 e. The minimum Gasteiger partial charge on any atom is -0.349 e. The third-order valence-electron chi connectivity index (χ3n) is 4.71. The summed E-state index contributed by atoms with van der Waals surface area (Å²) in [4.78, 5) is 25.2. The molecule has 0 fully saturated rings. The zero-order valence-corrected chi connectivity index (χ0v) is 16.3. The van der Waals surface area contributed by atoms with Crippen molar-refractivity contribution in [3.05, 3.63) is 35.4 Å². The van der Waals surface area contributed by atoms with E-state index < -0.39 is 0 Å². The lowest BCUT2D eigenvalue weighted by Crippen LogP contribution is -2.44. The lowest BCUT2D eigenvalue weighted by Gasteiger charge is -2.29. The lowest BCUT2D eigenvalue weighted by atomic mass is 9.87. The molecule has 1 aromatic rings. The van der Waals surface area contributed by atoms with Crippen molar-refractivity contribution in [2.45, 2.75) is 67.5 Å². The molecule has 24 heavy (non-hydrogen) atoms. The van der Waals surface area contributed by atoms with E-state index in [1.807, 2.05) is 13.8 Å². The molecule has 0 unspecified atom stereocenters. The van der Waals surface area contributed by atoms with E-state index in [0.29, 0.717) is 11.1 Å². The molecule has 4 nitrogen and oxygen atoms in total. The number of nitrogens with one attached hydrogen (secondary N) is 2. The molecule has 2 N–H and O–H groups in total. The number of benzene rings is 1. The van der Waals surface area contributed by atoms with E-state index in [1.54, 1.807) is 24.3 Å². The van der Waals surface area contributed by atoms with Gasteiger partial charge in [0.15, 0.2) is 0 Å². The molecule has 2 atom stereocenters. The van der Waals surface area contributed by atoms with Crippen LogP contribution in [-0.4, -0.2) is 23.9 Å². The first-order valence-corrected chi connectivity index (χ1v) is 8.54. The highest BCUT2D eigenvalue weighted by Gasteiger charge is 2.26. The van der Waals surface area contributed by atoms with Gasteiger partial charge in [-0.05, 0) is 36.8 Å². The molecule has 0 heterocycles. The molecule has 0 saturated heterocycles. The van der Waals surface area contributed by atoms with Gasteiger partial charge in [-0.1, -0.05) is 53.7 Å². The molecular formula is C20H32N2O2. The first-order valence-electron chi connectivity index (χ1n) is 8.54. The molecule has 4 heteroatoms. The van der Waals surface area contributed by atoms with Gasteiger partial charge in [0.05, 0.1) is 11.1 Å². The van der Waals surface area contributed by atoms with E-state index in [2.05, 4.69) is 52.2 Å². The normalized spacial score (nSPS) is 14.7. The SMILES string of the molecule is C[C@H](NC(=O)c1ccccc1C(=O)N[C@H](C)C(C)(C)C)C(C)(C)C. The standard InChI is InChI=1S/C20H32N2O2/c1-13(19(3,4)5)21-17(23)15-11-9-10-12-16(15)18(24)22-14(2)20(6,7)8/h9-14H,1-8H3,(H,21,23)(H,22,24)/t13-,14+. The van der Waals surface area contributed by atoms with E-state index in [-0.39, 0.29) is 34.7 Å². The molecule has 2 amide bonds. The van der Waals surface area contributed by atoms with Gasteiger partial charge in [-0.2, -0.15) is 0 Å². The number of hydrogen-bond acceptors (Lipinski definition) is 2. The average Bonchev–Trinajstić information content (AvgIpc) is 2.45. The van der Waals surface area contributed by atoms with Crippen molar-refractivity contribution in [3.8, 4) is 0 Å². The second-order valence-electron chi connectivity index (χ2n) is 8.67. The highest BCUT2D eigenvalue weighted by Crippen LogP contribution is 2.21. The van der Waals surface area contributed by atoms with Crippen molar-refractivity contribution < 1.29 is 9.59 Å². The summed E-state index contributed by atoms with van der Waals surface area (Å²) in [5, 5.41) is 5.99. The Hall–Kier alpha value is -1.84. The van der Waals surface area contributed by atoms with Crippen LogP contribution in [0.4, 0.5) is 0 Å². The van der Waals surface area contributed by atoms with Crippen LogP contribution in [0.2, 0.25) is 0 Å². The first-order chi connectivity index (χ1) is 10.8. The monoisotopic (exact) mass is 332 g/mol. The average molecular weight is 332 g/mol. The van der Waals surface area contributed by atoms with Crippen molar-refractivity contribution in [2.24, 2.45) is 10.8 Å². The maximum absolute atomic E-state index is 12.6. The maximum Gasteiger partial charge on any atom is 0.252 e. The summed E-state index contributed by atoms with van der Waals surface area (Å²) < 4.78 is 0. The van der Waals surface area contributed by atoms with Crippen LogP contribution in [0.5, 0.6) is 0 Å². The molecular weight excluding hydrogens is 300 g/mol. The van der Waals surface area contributed by atoms with Crippen LogP contribution in [0.1, 0.15) is 76.1 Å². The summed E-state index contributed by atoms with van der Waals surface area (Å²) in [6, 6.07) is 6.94. The fourth-order valence-electron chi connectivity index (χ4n) is 1.86. The third-order valence-corrected chi connectivity index (χ3v) is 4.71. The Morgan fingerprint density at radius 2 is 1.04 bits per heavy atom. The van der Waals surface area contributed by atoms with E-state index in [1.165, 1.54) is 0 Å². The van der Waals surface area contributed by atoms with Crippen LogP contribution in [0.15, 0.2) is 24.3 Å². The second-order valence-corrected chi connectivity index (χ2v) is 8.67. The number of carbonyl (C=O) groups is 2. The Kier molecular flexibility index (Phi) is 6.20. The Labute approximate surface area is 146 Å². The van der Waals surface area contributed by atoms with Gasteiger partial charge in [-0.25, -0.2) is 0 Å². The molecule has 0 aliphatic carbocycles. The van der Waals surface area contributed by atoms with Gasteiger partial charge in [0.2, 0.25) is 0 Å². The quantitative estimate of drug-likeness (QED) is 0.875. The Morgan fingerprint density at radius 1 is 0.750 bits per heavy atom. The summed E-state index contributed by atoms with van der Waals surface area (Å²) >= 11 is 0. The van der Waals surface area contributed by atoms with Gasteiger partial charge in [0, 0.05) is 12.1 Å². The summed E-state index contributed by atoms with van der Waals surface area (Å²) in [5.74, 6) is -0.432. The minimum atomic E-state index is -0.216. The van der Waals surface area contributed by atoms with Crippen molar-refractivity contribution in [1.82, 2.24) is 10.6 Å². The fraction of sp³-hybridized carbons (Fsp3) is 0.600. The molecule has 0 saturated carbocycles. The van der Waals surface area contributed by atoms with Crippen LogP contribution in [0.3, 0.4) is 0 Å². The Morgan fingerprint density at radius 3 is 1.29 bits per heavy atom. The Bertz CT molecular complexity index is 541. The molecule has 0 aromatic heterocycles. The molecule has 0 radical (unpaired) electrons. The molecule has 0 spiro atoms. The number of hydrogen-bond donors (Lipinski definition) is 2. The summed E-state index contributed by atoms with van der Waals surface area (Å²) in [5.41, 5.74) is 0.723.